The van der Waals surface area contributed by atoms with Crippen molar-refractivity contribution < 1.29 is 4.74 Å². The van der Waals surface area contributed by atoms with Crippen molar-refractivity contribution in [1.82, 2.24) is 20.2 Å². The normalized spacial score (nSPS) is 10.8. The van der Waals surface area contributed by atoms with Gasteiger partial charge in [0, 0.05) is 18.7 Å². The summed E-state index contributed by atoms with van der Waals surface area (Å²) in [6.45, 7) is 7.57. The maximum atomic E-state index is 5.79. The van der Waals surface area contributed by atoms with Crippen molar-refractivity contribution in [2.75, 3.05) is 5.32 Å². The first-order chi connectivity index (χ1) is 9.70. The first kappa shape index (κ1) is 14.3. The SMILES string of the molecule is CCCn1nnnc1NCc1ccccc1OC(C)C. The zero-order valence-corrected chi connectivity index (χ0v) is 12.2. The van der Waals surface area contributed by atoms with Crippen LogP contribution in [0.1, 0.15) is 32.8 Å². The molecule has 0 unspecified atom stereocenters. The van der Waals surface area contributed by atoms with E-state index in [1.54, 1.807) is 4.68 Å². The van der Waals surface area contributed by atoms with Gasteiger partial charge in [0.25, 0.3) is 0 Å². The zero-order chi connectivity index (χ0) is 14.4. The van der Waals surface area contributed by atoms with Gasteiger partial charge in [-0.05, 0) is 36.8 Å². The van der Waals surface area contributed by atoms with E-state index in [0.717, 1.165) is 24.3 Å². The van der Waals surface area contributed by atoms with Crippen molar-refractivity contribution in [3.05, 3.63) is 29.8 Å². The summed E-state index contributed by atoms with van der Waals surface area (Å²) in [6.07, 6.45) is 1.15. The number of anilines is 1. The lowest BCUT2D eigenvalue weighted by molar-refractivity contribution is 0.240. The Morgan fingerprint density at radius 3 is 2.85 bits per heavy atom. The van der Waals surface area contributed by atoms with Crippen LogP contribution >= 0.6 is 0 Å². The topological polar surface area (TPSA) is 64.9 Å². The average Bonchev–Trinajstić information content (AvgIpc) is 2.85. The van der Waals surface area contributed by atoms with Crippen LogP contribution in [0.3, 0.4) is 0 Å². The van der Waals surface area contributed by atoms with Crippen LogP contribution in [0.15, 0.2) is 24.3 Å². The first-order valence-electron chi connectivity index (χ1n) is 6.95. The Hall–Kier alpha value is -2.11. The van der Waals surface area contributed by atoms with Crippen LogP contribution in [0, 0.1) is 0 Å². The molecule has 108 valence electrons. The lowest BCUT2D eigenvalue weighted by Crippen LogP contribution is -2.11. The minimum atomic E-state index is 0.154. The molecule has 0 bridgehead atoms. The number of aryl methyl sites for hydroxylation is 1. The van der Waals surface area contributed by atoms with E-state index < -0.39 is 0 Å². The monoisotopic (exact) mass is 275 g/mol. The highest BCUT2D eigenvalue weighted by atomic mass is 16.5. The van der Waals surface area contributed by atoms with E-state index in [4.69, 9.17) is 4.74 Å². The Labute approximate surface area is 119 Å². The van der Waals surface area contributed by atoms with Gasteiger partial charge in [-0.2, -0.15) is 0 Å². The van der Waals surface area contributed by atoms with E-state index in [1.807, 2.05) is 38.1 Å². The van der Waals surface area contributed by atoms with Gasteiger partial charge in [-0.1, -0.05) is 30.2 Å². The lowest BCUT2D eigenvalue weighted by atomic mass is 10.2. The van der Waals surface area contributed by atoms with E-state index in [1.165, 1.54) is 0 Å². The second kappa shape index (κ2) is 6.88. The van der Waals surface area contributed by atoms with Crippen molar-refractivity contribution >= 4 is 5.95 Å². The summed E-state index contributed by atoms with van der Waals surface area (Å²) in [7, 11) is 0. The third-order valence-corrected chi connectivity index (χ3v) is 2.74. The number of hydrogen-bond donors (Lipinski definition) is 1. The maximum Gasteiger partial charge on any atom is 0.243 e. The molecule has 0 atom stereocenters. The lowest BCUT2D eigenvalue weighted by Gasteiger charge is -2.14. The number of hydrogen-bond acceptors (Lipinski definition) is 5. The highest BCUT2D eigenvalue weighted by Gasteiger charge is 2.08. The van der Waals surface area contributed by atoms with Gasteiger partial charge >= 0.3 is 0 Å². The third kappa shape index (κ3) is 3.69. The Balaban J connectivity index is 2.05. The molecule has 1 heterocycles. The Morgan fingerprint density at radius 2 is 2.10 bits per heavy atom. The van der Waals surface area contributed by atoms with Gasteiger partial charge in [-0.3, -0.25) is 0 Å². The van der Waals surface area contributed by atoms with Gasteiger partial charge in [0.1, 0.15) is 5.75 Å². The van der Waals surface area contributed by atoms with Crippen molar-refractivity contribution in [3.8, 4) is 5.75 Å². The van der Waals surface area contributed by atoms with E-state index in [2.05, 4.69) is 27.8 Å². The molecule has 1 N–H and O–H groups in total. The fourth-order valence-electron chi connectivity index (χ4n) is 1.89. The number of para-hydroxylation sites is 1. The van der Waals surface area contributed by atoms with E-state index in [0.29, 0.717) is 12.5 Å². The van der Waals surface area contributed by atoms with Crippen LogP contribution in [-0.4, -0.2) is 26.3 Å². The molecule has 0 saturated carbocycles. The molecule has 0 amide bonds. The van der Waals surface area contributed by atoms with E-state index in [9.17, 15) is 0 Å². The minimum Gasteiger partial charge on any atom is -0.491 e. The zero-order valence-electron chi connectivity index (χ0n) is 12.2. The van der Waals surface area contributed by atoms with Crippen LogP contribution in [0.2, 0.25) is 0 Å². The largest absolute Gasteiger partial charge is 0.491 e. The summed E-state index contributed by atoms with van der Waals surface area (Å²) < 4.78 is 7.56. The van der Waals surface area contributed by atoms with Gasteiger partial charge in [0.15, 0.2) is 0 Å². The summed E-state index contributed by atoms with van der Waals surface area (Å²) in [5, 5.41) is 14.9. The van der Waals surface area contributed by atoms with Gasteiger partial charge in [0.05, 0.1) is 6.10 Å². The Morgan fingerprint density at radius 1 is 1.30 bits per heavy atom. The molecule has 0 fully saturated rings. The molecule has 1 aromatic carbocycles. The molecule has 0 aliphatic rings. The molecule has 0 spiro atoms. The highest BCUT2D eigenvalue weighted by Crippen LogP contribution is 2.20. The molecule has 1 aromatic heterocycles. The molecular formula is C14H21N5O. The van der Waals surface area contributed by atoms with Crippen LogP contribution in [0.4, 0.5) is 5.95 Å². The predicted octanol–water partition coefficient (Wildman–Crippen LogP) is 2.48. The van der Waals surface area contributed by atoms with Crippen molar-refractivity contribution in [2.45, 2.75) is 46.4 Å². The molecule has 0 radical (unpaired) electrons. The average molecular weight is 275 g/mol. The highest BCUT2D eigenvalue weighted by molar-refractivity contribution is 5.36. The molecule has 0 saturated heterocycles. The Bertz CT molecular complexity index is 538. The molecule has 0 aliphatic carbocycles. The number of nitrogens with zero attached hydrogens (tertiary/aromatic N) is 4. The second-order valence-electron chi connectivity index (χ2n) is 4.85. The standard InChI is InChI=1S/C14H21N5O/c1-4-9-19-14(16-17-18-19)15-10-12-7-5-6-8-13(12)20-11(2)3/h5-8,11H,4,9-10H2,1-3H3,(H,15,16,18). The number of rotatable bonds is 7. The van der Waals surface area contributed by atoms with Crippen LogP contribution in [0.5, 0.6) is 5.75 Å². The summed E-state index contributed by atoms with van der Waals surface area (Å²) >= 11 is 0. The third-order valence-electron chi connectivity index (χ3n) is 2.74. The number of benzene rings is 1. The van der Waals surface area contributed by atoms with Crippen LogP contribution in [0.25, 0.3) is 0 Å². The van der Waals surface area contributed by atoms with Crippen molar-refractivity contribution in [1.29, 1.82) is 0 Å². The minimum absolute atomic E-state index is 0.154. The molecule has 6 heteroatoms. The second-order valence-corrected chi connectivity index (χ2v) is 4.85. The number of tetrazole rings is 1. The van der Waals surface area contributed by atoms with Gasteiger partial charge in [-0.25, -0.2) is 4.68 Å². The number of nitrogens with one attached hydrogen (secondary N) is 1. The smallest absolute Gasteiger partial charge is 0.243 e. The molecule has 0 aliphatic heterocycles. The van der Waals surface area contributed by atoms with Crippen LogP contribution in [-0.2, 0) is 13.1 Å². The first-order valence-corrected chi connectivity index (χ1v) is 6.95. The summed E-state index contributed by atoms with van der Waals surface area (Å²) in [4.78, 5) is 0. The summed E-state index contributed by atoms with van der Waals surface area (Å²) in [5.41, 5.74) is 1.09. The van der Waals surface area contributed by atoms with E-state index in [-0.39, 0.29) is 6.10 Å². The predicted molar refractivity (Wildman–Crippen MR) is 77.6 cm³/mol. The fourth-order valence-corrected chi connectivity index (χ4v) is 1.89. The van der Waals surface area contributed by atoms with Gasteiger partial charge in [-0.15, -0.1) is 0 Å². The van der Waals surface area contributed by atoms with E-state index >= 15 is 0 Å². The molecular weight excluding hydrogens is 254 g/mol. The molecule has 2 rings (SSSR count). The maximum absolute atomic E-state index is 5.79. The summed E-state index contributed by atoms with van der Waals surface area (Å²) in [5.74, 6) is 1.58. The molecule has 2 aromatic rings. The quantitative estimate of drug-likeness (QED) is 0.841. The van der Waals surface area contributed by atoms with Crippen molar-refractivity contribution in [3.63, 3.8) is 0 Å². The van der Waals surface area contributed by atoms with Crippen molar-refractivity contribution in [2.24, 2.45) is 0 Å². The van der Waals surface area contributed by atoms with Gasteiger partial charge < -0.3 is 10.1 Å². The molecule has 6 nitrogen and oxygen atoms in total. The Kier molecular flexibility index (Phi) is 4.92. The van der Waals surface area contributed by atoms with Crippen LogP contribution < -0.4 is 10.1 Å². The fraction of sp³-hybridized carbons (Fsp3) is 0.500. The number of aromatic nitrogens is 4. The molecule has 20 heavy (non-hydrogen) atoms. The number of ether oxygens (including phenoxy) is 1. The van der Waals surface area contributed by atoms with Gasteiger partial charge in [0.2, 0.25) is 5.95 Å². The summed E-state index contributed by atoms with van der Waals surface area (Å²) in [6, 6.07) is 7.99.